The second-order valence-corrected chi connectivity index (χ2v) is 8.96. The van der Waals surface area contributed by atoms with Crippen molar-refractivity contribution in [3.05, 3.63) is 64.6 Å². The van der Waals surface area contributed by atoms with Crippen molar-refractivity contribution in [2.75, 3.05) is 0 Å². The van der Waals surface area contributed by atoms with E-state index < -0.39 is 12.1 Å². The van der Waals surface area contributed by atoms with Crippen molar-refractivity contribution in [2.45, 2.75) is 64.6 Å². The molecular formula is C25H29ClN4O2. The molecule has 0 radical (unpaired) electrons. The first-order valence-electron chi connectivity index (χ1n) is 11.2. The van der Waals surface area contributed by atoms with E-state index in [0.29, 0.717) is 11.4 Å². The lowest BCUT2D eigenvalue weighted by molar-refractivity contribution is -0.137. The summed E-state index contributed by atoms with van der Waals surface area (Å²) in [6.07, 6.45) is 4.21. The van der Waals surface area contributed by atoms with Gasteiger partial charge in [0.25, 0.3) is 0 Å². The van der Waals surface area contributed by atoms with E-state index >= 15 is 0 Å². The fourth-order valence-corrected chi connectivity index (χ4v) is 4.87. The number of piperazine rings is 1. The Morgan fingerprint density at radius 1 is 1.16 bits per heavy atom. The zero-order valence-corrected chi connectivity index (χ0v) is 19.4. The first-order valence-corrected chi connectivity index (χ1v) is 11.6. The van der Waals surface area contributed by atoms with Crippen LogP contribution in [0.3, 0.4) is 0 Å². The number of benzene rings is 1. The number of hydrogen-bond acceptors (Lipinski definition) is 3. The molecule has 0 bridgehead atoms. The fourth-order valence-electron chi connectivity index (χ4n) is 4.70. The number of nitrogens with one attached hydrogen (secondary N) is 2. The van der Waals surface area contributed by atoms with Gasteiger partial charge in [-0.05, 0) is 49.2 Å². The molecule has 0 saturated carbocycles. The van der Waals surface area contributed by atoms with Gasteiger partial charge in [0.15, 0.2) is 0 Å². The Hall–Kier alpha value is -2.86. The third kappa shape index (κ3) is 4.24. The van der Waals surface area contributed by atoms with Crippen LogP contribution in [0.15, 0.2) is 42.6 Å². The zero-order valence-electron chi connectivity index (χ0n) is 18.7. The van der Waals surface area contributed by atoms with Crippen molar-refractivity contribution >= 4 is 34.3 Å². The molecule has 32 heavy (non-hydrogen) atoms. The number of halogens is 1. The van der Waals surface area contributed by atoms with Crippen LogP contribution in [-0.2, 0) is 22.6 Å². The first kappa shape index (κ1) is 22.3. The number of carbonyl (C=O) groups excluding carboxylic acids is 2. The molecule has 3 aromatic rings. The molecule has 1 aliphatic rings. The maximum Gasteiger partial charge on any atom is 0.243 e. The van der Waals surface area contributed by atoms with Gasteiger partial charge in [-0.15, -0.1) is 0 Å². The van der Waals surface area contributed by atoms with Gasteiger partial charge in [0, 0.05) is 52.4 Å². The van der Waals surface area contributed by atoms with Crippen molar-refractivity contribution in [3.8, 4) is 0 Å². The summed E-state index contributed by atoms with van der Waals surface area (Å²) in [4.78, 5) is 30.2. The van der Waals surface area contributed by atoms with Crippen molar-refractivity contribution in [3.63, 3.8) is 0 Å². The Morgan fingerprint density at radius 2 is 1.97 bits per heavy atom. The minimum absolute atomic E-state index is 0.172. The van der Waals surface area contributed by atoms with Crippen molar-refractivity contribution in [2.24, 2.45) is 0 Å². The van der Waals surface area contributed by atoms with E-state index in [-0.39, 0.29) is 17.7 Å². The van der Waals surface area contributed by atoms with E-state index in [1.807, 2.05) is 43.3 Å². The molecule has 2 N–H and O–H groups in total. The van der Waals surface area contributed by atoms with E-state index in [9.17, 15) is 9.59 Å². The van der Waals surface area contributed by atoms with Crippen LogP contribution in [0.2, 0.25) is 5.02 Å². The maximum atomic E-state index is 13.1. The van der Waals surface area contributed by atoms with Crippen LogP contribution in [0.25, 0.3) is 10.9 Å². The molecule has 1 fully saturated rings. The quantitative estimate of drug-likeness (QED) is 0.566. The van der Waals surface area contributed by atoms with Gasteiger partial charge in [-0.2, -0.15) is 0 Å². The normalized spacial score (nSPS) is 19.6. The molecule has 7 heteroatoms. The number of carbonyl (C=O) groups is 2. The van der Waals surface area contributed by atoms with E-state index in [4.69, 9.17) is 11.6 Å². The highest BCUT2D eigenvalue weighted by atomic mass is 35.5. The Balaban J connectivity index is 1.62. The van der Waals surface area contributed by atoms with Gasteiger partial charge in [-0.25, -0.2) is 0 Å². The standard InChI is InChI=1S/C25H29ClN4O2/c1-4-5-12-30-16(3)22(19-13-17(26)9-10-21(19)30)15(2)23-25(32)28-20(24(31)29-23)14-18-8-6-7-11-27-18/h6-11,13,15,20,23H,4-5,12,14H2,1-3H3,(H,28,32)(H,29,31)/t15-,20+,23-/m1/s1. The number of hydrogen-bond donors (Lipinski definition) is 2. The summed E-state index contributed by atoms with van der Waals surface area (Å²) >= 11 is 6.33. The molecule has 0 unspecified atom stereocenters. The van der Waals surface area contributed by atoms with Crippen LogP contribution in [0.1, 0.15) is 49.6 Å². The highest BCUT2D eigenvalue weighted by Gasteiger charge is 2.38. The highest BCUT2D eigenvalue weighted by molar-refractivity contribution is 6.31. The summed E-state index contributed by atoms with van der Waals surface area (Å²) in [5.41, 5.74) is 4.05. The molecule has 3 heterocycles. The van der Waals surface area contributed by atoms with Crippen molar-refractivity contribution in [1.82, 2.24) is 20.2 Å². The maximum absolute atomic E-state index is 13.1. The Bertz CT molecular complexity index is 1140. The topological polar surface area (TPSA) is 76.0 Å². The Morgan fingerprint density at radius 3 is 2.69 bits per heavy atom. The molecule has 1 saturated heterocycles. The van der Waals surface area contributed by atoms with E-state index in [1.54, 1.807) is 6.20 Å². The number of amides is 2. The lowest BCUT2D eigenvalue weighted by Gasteiger charge is -2.33. The fraction of sp³-hybridized carbons (Fsp3) is 0.400. The molecule has 0 spiro atoms. The number of fused-ring (bicyclic) bond motifs is 1. The van der Waals surface area contributed by atoms with Gasteiger partial charge in [-0.1, -0.05) is 37.9 Å². The SMILES string of the molecule is CCCCn1c(C)c([C@@H](C)[C@H]2NC(=O)[C@H](Cc3ccccn3)NC2=O)c2cc(Cl)ccc21. The van der Waals surface area contributed by atoms with Gasteiger partial charge in [-0.3, -0.25) is 14.6 Å². The van der Waals surface area contributed by atoms with Crippen LogP contribution in [0.5, 0.6) is 0 Å². The average molecular weight is 453 g/mol. The minimum atomic E-state index is -0.648. The molecule has 3 atom stereocenters. The molecule has 168 valence electrons. The second-order valence-electron chi connectivity index (χ2n) is 8.53. The Labute approximate surface area is 193 Å². The number of unbranched alkanes of at least 4 members (excludes halogenated alkanes) is 1. The van der Waals surface area contributed by atoms with Gasteiger partial charge in [0.1, 0.15) is 12.1 Å². The summed E-state index contributed by atoms with van der Waals surface area (Å²) in [6, 6.07) is 10.2. The third-order valence-corrected chi connectivity index (χ3v) is 6.61. The highest BCUT2D eigenvalue weighted by Crippen LogP contribution is 2.36. The Kier molecular flexibility index (Phi) is 6.51. The number of aryl methyl sites for hydroxylation is 1. The van der Waals surface area contributed by atoms with Gasteiger partial charge < -0.3 is 15.2 Å². The monoisotopic (exact) mass is 452 g/mol. The van der Waals surface area contributed by atoms with Crippen LogP contribution >= 0.6 is 11.6 Å². The summed E-state index contributed by atoms with van der Waals surface area (Å²) < 4.78 is 2.30. The number of nitrogens with zero attached hydrogens (tertiary/aromatic N) is 2. The summed E-state index contributed by atoms with van der Waals surface area (Å²) in [7, 11) is 0. The summed E-state index contributed by atoms with van der Waals surface area (Å²) in [5, 5.41) is 7.58. The van der Waals surface area contributed by atoms with Crippen LogP contribution in [-0.4, -0.2) is 33.4 Å². The summed E-state index contributed by atoms with van der Waals surface area (Å²) in [6.45, 7) is 7.16. The molecule has 1 aliphatic heterocycles. The molecule has 6 nitrogen and oxygen atoms in total. The second kappa shape index (κ2) is 9.33. The first-order chi connectivity index (χ1) is 15.4. The minimum Gasteiger partial charge on any atom is -0.345 e. The van der Waals surface area contributed by atoms with Crippen molar-refractivity contribution < 1.29 is 9.59 Å². The van der Waals surface area contributed by atoms with Crippen LogP contribution in [0.4, 0.5) is 0 Å². The van der Waals surface area contributed by atoms with E-state index in [0.717, 1.165) is 47.2 Å². The number of rotatable bonds is 7. The largest absolute Gasteiger partial charge is 0.345 e. The number of aromatic nitrogens is 2. The van der Waals surface area contributed by atoms with Gasteiger partial charge in [0.2, 0.25) is 11.8 Å². The predicted octanol–water partition coefficient (Wildman–Crippen LogP) is 4.13. The molecule has 1 aromatic carbocycles. The number of pyridine rings is 1. The zero-order chi connectivity index (χ0) is 22.8. The summed E-state index contributed by atoms with van der Waals surface area (Å²) in [5.74, 6) is -0.565. The molecule has 0 aliphatic carbocycles. The van der Waals surface area contributed by atoms with E-state index in [2.05, 4.69) is 34.0 Å². The van der Waals surface area contributed by atoms with Crippen molar-refractivity contribution in [1.29, 1.82) is 0 Å². The smallest absolute Gasteiger partial charge is 0.243 e. The van der Waals surface area contributed by atoms with Crippen LogP contribution in [0, 0.1) is 6.92 Å². The molecular weight excluding hydrogens is 424 g/mol. The van der Waals surface area contributed by atoms with Gasteiger partial charge >= 0.3 is 0 Å². The lowest BCUT2D eigenvalue weighted by atomic mass is 9.88. The average Bonchev–Trinajstić information content (AvgIpc) is 3.05. The predicted molar refractivity (Wildman–Crippen MR) is 127 cm³/mol. The van der Waals surface area contributed by atoms with Gasteiger partial charge in [0.05, 0.1) is 0 Å². The van der Waals surface area contributed by atoms with E-state index in [1.165, 1.54) is 0 Å². The molecule has 2 aromatic heterocycles. The third-order valence-electron chi connectivity index (χ3n) is 6.38. The van der Waals surface area contributed by atoms with Crippen LogP contribution < -0.4 is 10.6 Å². The molecule has 2 amide bonds. The molecule has 4 rings (SSSR count). The lowest BCUT2D eigenvalue weighted by Crippen LogP contribution is -2.63.